The zero-order valence-electron chi connectivity index (χ0n) is 8.11. The lowest BCUT2D eigenvalue weighted by Gasteiger charge is -2.22. The summed E-state index contributed by atoms with van der Waals surface area (Å²) in [6.07, 6.45) is 2.26. The number of nitrogens with zero attached hydrogens (tertiary/aromatic N) is 3. The molecule has 72 valence electrons. The lowest BCUT2D eigenvalue weighted by Crippen LogP contribution is -2.35. The summed E-state index contributed by atoms with van der Waals surface area (Å²) in [4.78, 5) is 17.0. The monoisotopic (exact) mass is 182 g/mol. The Morgan fingerprint density at radius 2 is 2.46 bits per heavy atom. The van der Waals surface area contributed by atoms with Gasteiger partial charge in [0, 0.05) is 13.1 Å². The van der Waals surface area contributed by atoms with Crippen LogP contribution in [0.5, 0.6) is 0 Å². The van der Waals surface area contributed by atoms with Gasteiger partial charge in [-0.3, -0.25) is 9.89 Å². The van der Waals surface area contributed by atoms with E-state index in [2.05, 4.69) is 15.2 Å². The summed E-state index contributed by atoms with van der Waals surface area (Å²) in [5, 5.41) is 6.17. The molecule has 5 nitrogen and oxygen atoms in total. The molecule has 1 aromatic heterocycles. The minimum absolute atomic E-state index is 0.119. The number of hydrogen-bond donors (Lipinski definition) is 1. The third kappa shape index (κ3) is 2.05. The van der Waals surface area contributed by atoms with Gasteiger partial charge in [-0.2, -0.15) is 5.10 Å². The van der Waals surface area contributed by atoms with Crippen LogP contribution in [0.4, 0.5) is 0 Å². The number of H-pyrrole nitrogens is 1. The van der Waals surface area contributed by atoms with Gasteiger partial charge in [0.2, 0.25) is 5.82 Å². The predicted octanol–water partition coefficient (Wildman–Crippen LogP) is 0.675. The normalized spacial score (nSPS) is 12.5. The molecule has 1 aromatic rings. The Bertz CT molecular complexity index is 270. The predicted molar refractivity (Wildman–Crippen MR) is 48.2 cm³/mol. The van der Waals surface area contributed by atoms with E-state index in [4.69, 9.17) is 0 Å². The Balaban J connectivity index is 2.68. The highest BCUT2D eigenvalue weighted by atomic mass is 16.2. The van der Waals surface area contributed by atoms with Crippen LogP contribution in [0.2, 0.25) is 0 Å². The Kier molecular flexibility index (Phi) is 3.00. The third-order valence-corrected chi connectivity index (χ3v) is 2.19. The van der Waals surface area contributed by atoms with Crippen molar-refractivity contribution < 1.29 is 4.79 Å². The van der Waals surface area contributed by atoms with Crippen LogP contribution in [-0.4, -0.2) is 39.1 Å². The number of hydrogen-bond acceptors (Lipinski definition) is 3. The van der Waals surface area contributed by atoms with Gasteiger partial charge in [-0.25, -0.2) is 4.98 Å². The lowest BCUT2D eigenvalue weighted by molar-refractivity contribution is 0.0728. The van der Waals surface area contributed by atoms with Gasteiger partial charge in [-0.05, 0) is 13.3 Å². The molecule has 0 fully saturated rings. The first kappa shape index (κ1) is 9.70. The number of rotatable bonds is 3. The van der Waals surface area contributed by atoms with Gasteiger partial charge in [-0.15, -0.1) is 0 Å². The smallest absolute Gasteiger partial charge is 0.291 e. The van der Waals surface area contributed by atoms with Crippen LogP contribution in [0, 0.1) is 0 Å². The molecule has 1 amide bonds. The molecule has 0 saturated heterocycles. The summed E-state index contributed by atoms with van der Waals surface area (Å²) in [7, 11) is 1.76. The van der Waals surface area contributed by atoms with E-state index in [0.717, 1.165) is 6.42 Å². The van der Waals surface area contributed by atoms with Gasteiger partial charge in [0.05, 0.1) is 0 Å². The summed E-state index contributed by atoms with van der Waals surface area (Å²) >= 11 is 0. The van der Waals surface area contributed by atoms with Crippen LogP contribution in [0.3, 0.4) is 0 Å². The van der Waals surface area contributed by atoms with Gasteiger partial charge >= 0.3 is 0 Å². The van der Waals surface area contributed by atoms with E-state index in [0.29, 0.717) is 5.82 Å². The van der Waals surface area contributed by atoms with Crippen molar-refractivity contribution in [3.8, 4) is 0 Å². The number of aromatic nitrogens is 3. The van der Waals surface area contributed by atoms with Crippen molar-refractivity contribution >= 4 is 5.91 Å². The molecule has 0 bridgehead atoms. The van der Waals surface area contributed by atoms with Crippen molar-refractivity contribution in [1.29, 1.82) is 0 Å². The van der Waals surface area contributed by atoms with Gasteiger partial charge in [0.1, 0.15) is 6.33 Å². The minimum atomic E-state index is -0.119. The Labute approximate surface area is 77.2 Å². The molecule has 1 N–H and O–H groups in total. The van der Waals surface area contributed by atoms with E-state index < -0.39 is 0 Å². The topological polar surface area (TPSA) is 61.9 Å². The lowest BCUT2D eigenvalue weighted by atomic mass is 10.2. The quantitative estimate of drug-likeness (QED) is 0.747. The minimum Gasteiger partial charge on any atom is -0.336 e. The standard InChI is InChI=1S/C8H14N4O/c1-4-6(2)12(3)8(13)7-9-5-10-11-7/h5-6H,4H2,1-3H3,(H,9,10,11). The molecule has 0 radical (unpaired) electrons. The zero-order chi connectivity index (χ0) is 9.84. The second kappa shape index (κ2) is 4.02. The van der Waals surface area contributed by atoms with E-state index in [1.165, 1.54) is 6.33 Å². The van der Waals surface area contributed by atoms with E-state index >= 15 is 0 Å². The largest absolute Gasteiger partial charge is 0.336 e. The van der Waals surface area contributed by atoms with E-state index in [9.17, 15) is 4.79 Å². The fourth-order valence-corrected chi connectivity index (χ4v) is 0.950. The number of nitrogens with one attached hydrogen (secondary N) is 1. The summed E-state index contributed by atoms with van der Waals surface area (Å²) in [6.45, 7) is 4.03. The van der Waals surface area contributed by atoms with Crippen LogP contribution in [0.1, 0.15) is 30.9 Å². The maximum absolute atomic E-state index is 11.6. The van der Waals surface area contributed by atoms with Crippen molar-refractivity contribution in [2.24, 2.45) is 0 Å². The summed E-state index contributed by atoms with van der Waals surface area (Å²) in [5.41, 5.74) is 0. The molecule has 1 heterocycles. The first-order chi connectivity index (χ1) is 6.16. The SMILES string of the molecule is CCC(C)N(C)C(=O)c1ncn[nH]1. The number of amides is 1. The number of carbonyl (C=O) groups excluding carboxylic acids is 1. The highest BCUT2D eigenvalue weighted by Crippen LogP contribution is 2.03. The molecule has 0 aliphatic rings. The van der Waals surface area contributed by atoms with E-state index in [1.807, 2.05) is 13.8 Å². The Hall–Kier alpha value is -1.39. The van der Waals surface area contributed by atoms with Gasteiger partial charge in [0.25, 0.3) is 5.91 Å². The first-order valence-electron chi connectivity index (χ1n) is 4.29. The molecule has 13 heavy (non-hydrogen) atoms. The molecule has 5 heteroatoms. The molecule has 0 aliphatic carbocycles. The molecule has 0 aromatic carbocycles. The van der Waals surface area contributed by atoms with Crippen molar-refractivity contribution in [3.05, 3.63) is 12.2 Å². The Morgan fingerprint density at radius 1 is 1.77 bits per heavy atom. The van der Waals surface area contributed by atoms with Crippen molar-refractivity contribution in [3.63, 3.8) is 0 Å². The van der Waals surface area contributed by atoms with Gasteiger partial charge < -0.3 is 4.90 Å². The summed E-state index contributed by atoms with van der Waals surface area (Å²) in [5.74, 6) is 0.176. The van der Waals surface area contributed by atoms with Crippen molar-refractivity contribution in [2.75, 3.05) is 7.05 Å². The summed E-state index contributed by atoms with van der Waals surface area (Å²) < 4.78 is 0. The average Bonchev–Trinajstić information content (AvgIpc) is 2.67. The third-order valence-electron chi connectivity index (χ3n) is 2.19. The average molecular weight is 182 g/mol. The van der Waals surface area contributed by atoms with Crippen LogP contribution in [-0.2, 0) is 0 Å². The summed E-state index contributed by atoms with van der Waals surface area (Å²) in [6, 6.07) is 0.220. The molecule has 1 unspecified atom stereocenters. The fraction of sp³-hybridized carbons (Fsp3) is 0.625. The van der Waals surface area contributed by atoms with Crippen molar-refractivity contribution in [2.45, 2.75) is 26.3 Å². The Morgan fingerprint density at radius 3 is 2.92 bits per heavy atom. The second-order valence-corrected chi connectivity index (χ2v) is 3.01. The molecule has 1 rings (SSSR count). The molecule has 0 spiro atoms. The van der Waals surface area contributed by atoms with Crippen LogP contribution in [0.25, 0.3) is 0 Å². The number of carbonyl (C=O) groups is 1. The highest BCUT2D eigenvalue weighted by molar-refractivity contribution is 5.90. The van der Waals surface area contributed by atoms with Crippen molar-refractivity contribution in [1.82, 2.24) is 20.1 Å². The molecule has 0 aliphatic heterocycles. The second-order valence-electron chi connectivity index (χ2n) is 3.01. The van der Waals surface area contributed by atoms with Gasteiger partial charge in [0.15, 0.2) is 0 Å². The fourth-order valence-electron chi connectivity index (χ4n) is 0.950. The first-order valence-corrected chi connectivity index (χ1v) is 4.29. The highest BCUT2D eigenvalue weighted by Gasteiger charge is 2.17. The molecule has 0 saturated carbocycles. The van der Waals surface area contributed by atoms with Crippen LogP contribution in [0.15, 0.2) is 6.33 Å². The van der Waals surface area contributed by atoms with Gasteiger partial charge in [-0.1, -0.05) is 6.92 Å². The maximum atomic E-state index is 11.6. The zero-order valence-corrected chi connectivity index (χ0v) is 8.11. The van der Waals surface area contributed by atoms with Crippen LogP contribution >= 0.6 is 0 Å². The molecular formula is C8H14N4O. The van der Waals surface area contributed by atoms with E-state index in [-0.39, 0.29) is 11.9 Å². The maximum Gasteiger partial charge on any atom is 0.291 e. The van der Waals surface area contributed by atoms with Crippen LogP contribution < -0.4 is 0 Å². The molecular weight excluding hydrogens is 168 g/mol. The van der Waals surface area contributed by atoms with E-state index in [1.54, 1.807) is 11.9 Å². The number of aromatic amines is 1. The molecule has 1 atom stereocenters.